The van der Waals surface area contributed by atoms with Crippen LogP contribution < -0.4 is 0 Å². The molecule has 4 atom stereocenters. The summed E-state index contributed by atoms with van der Waals surface area (Å²) in [5.74, 6) is 0.386. The van der Waals surface area contributed by atoms with Crippen molar-refractivity contribution in [2.24, 2.45) is 0 Å². The van der Waals surface area contributed by atoms with E-state index in [1.54, 1.807) is 0 Å². The van der Waals surface area contributed by atoms with Gasteiger partial charge < -0.3 is 0 Å². The minimum absolute atomic E-state index is 0.185. The normalized spacial score (nSPS) is 25.2. The van der Waals surface area contributed by atoms with Crippen LogP contribution in [-0.4, -0.2) is 5.78 Å². The van der Waals surface area contributed by atoms with Crippen LogP contribution >= 0.6 is 0 Å². The average molecular weight is 515 g/mol. The molecule has 0 aromatic heterocycles. The molecule has 0 aliphatic heterocycles. The van der Waals surface area contributed by atoms with E-state index in [-0.39, 0.29) is 23.7 Å². The number of hydrogen-bond acceptors (Lipinski definition) is 1. The van der Waals surface area contributed by atoms with E-state index in [9.17, 15) is 4.79 Å². The molecule has 0 bridgehead atoms. The van der Waals surface area contributed by atoms with Crippen molar-refractivity contribution in [3.8, 4) is 0 Å². The first-order chi connectivity index (χ1) is 19.6. The van der Waals surface area contributed by atoms with E-state index in [0.29, 0.717) is 5.78 Å². The quantitative estimate of drug-likeness (QED) is 0.261. The van der Waals surface area contributed by atoms with Crippen molar-refractivity contribution in [2.75, 3.05) is 0 Å². The van der Waals surface area contributed by atoms with Gasteiger partial charge in [-0.1, -0.05) is 108 Å². The highest BCUT2D eigenvalue weighted by Gasteiger charge is 2.50. The summed E-state index contributed by atoms with van der Waals surface area (Å²) in [4.78, 5) is 15.0. The summed E-state index contributed by atoms with van der Waals surface area (Å²) < 4.78 is 0. The molecule has 0 radical (unpaired) electrons. The first kappa shape index (κ1) is 22.6. The van der Waals surface area contributed by atoms with Gasteiger partial charge in [-0.15, -0.1) is 0 Å². The molecule has 0 saturated carbocycles. The molecule has 0 heterocycles. The number of benzene rings is 4. The monoisotopic (exact) mass is 514 g/mol. The largest absolute Gasteiger partial charge is 0.298 e. The maximum atomic E-state index is 15.0. The lowest BCUT2D eigenvalue weighted by molar-refractivity contribution is -0.120. The van der Waals surface area contributed by atoms with Gasteiger partial charge in [-0.3, -0.25) is 4.79 Å². The topological polar surface area (TPSA) is 17.1 Å². The Morgan fingerprint density at radius 3 is 1.48 bits per heavy atom. The molecule has 1 heteroatoms. The highest BCUT2D eigenvalue weighted by molar-refractivity contribution is 6.12. The number of fused-ring (bicyclic) bond motifs is 2. The summed E-state index contributed by atoms with van der Waals surface area (Å²) in [5.41, 5.74) is 16.0. The van der Waals surface area contributed by atoms with Crippen LogP contribution in [0.2, 0.25) is 0 Å². The maximum Gasteiger partial charge on any atom is 0.156 e. The molecular formula is C39H30O. The molecule has 0 N–H and O–H groups in total. The van der Waals surface area contributed by atoms with E-state index in [2.05, 4.69) is 111 Å². The fourth-order valence-corrected chi connectivity index (χ4v) is 8.98. The molecule has 5 aliphatic carbocycles. The maximum absolute atomic E-state index is 15.0. The molecule has 5 aliphatic rings. The van der Waals surface area contributed by atoms with Crippen LogP contribution in [0.3, 0.4) is 0 Å². The number of carbonyl (C=O) groups excluding carboxylic acids is 1. The number of ketones is 1. The van der Waals surface area contributed by atoms with Gasteiger partial charge in [0.1, 0.15) is 0 Å². The third kappa shape index (κ3) is 2.71. The predicted molar refractivity (Wildman–Crippen MR) is 162 cm³/mol. The van der Waals surface area contributed by atoms with Gasteiger partial charge in [-0.2, -0.15) is 0 Å². The smallest absolute Gasteiger partial charge is 0.156 e. The summed E-state index contributed by atoms with van der Waals surface area (Å²) in [7, 11) is 0. The van der Waals surface area contributed by atoms with Crippen LogP contribution in [0.4, 0.5) is 0 Å². The number of allylic oxidation sites excluding steroid dienone is 8. The van der Waals surface area contributed by atoms with Crippen LogP contribution in [0.25, 0.3) is 10.8 Å². The molecule has 192 valence electrons. The van der Waals surface area contributed by atoms with E-state index >= 15 is 0 Å². The van der Waals surface area contributed by atoms with Crippen molar-refractivity contribution >= 4 is 16.6 Å². The van der Waals surface area contributed by atoms with E-state index in [0.717, 1.165) is 12.8 Å². The molecule has 0 amide bonds. The first-order valence-electron chi connectivity index (χ1n) is 14.7. The Kier molecular flexibility index (Phi) is 4.47. The second-order valence-electron chi connectivity index (χ2n) is 12.3. The number of rotatable bonds is 2. The number of carbonyl (C=O) groups is 1. The Hall–Kier alpha value is -4.23. The van der Waals surface area contributed by atoms with Crippen molar-refractivity contribution in [1.82, 2.24) is 0 Å². The minimum Gasteiger partial charge on any atom is -0.298 e. The van der Waals surface area contributed by atoms with Crippen LogP contribution in [0.1, 0.15) is 81.0 Å². The number of hydrogen-bond donors (Lipinski definition) is 0. The van der Waals surface area contributed by atoms with Gasteiger partial charge in [-0.05, 0) is 93.1 Å². The van der Waals surface area contributed by atoms with Crippen LogP contribution in [0, 0.1) is 13.8 Å². The average Bonchev–Trinajstić information content (AvgIpc) is 3.65. The second kappa shape index (κ2) is 7.92. The third-order valence-corrected chi connectivity index (χ3v) is 10.3. The highest BCUT2D eigenvalue weighted by Crippen LogP contribution is 2.62. The summed E-state index contributed by atoms with van der Waals surface area (Å²) in [5, 5.41) is 2.73. The minimum atomic E-state index is -0.185. The zero-order valence-electron chi connectivity index (χ0n) is 22.9. The summed E-state index contributed by atoms with van der Waals surface area (Å²) >= 11 is 0. The van der Waals surface area contributed by atoms with Gasteiger partial charge in [0.25, 0.3) is 0 Å². The molecule has 4 aromatic rings. The van der Waals surface area contributed by atoms with Gasteiger partial charge >= 0.3 is 0 Å². The van der Waals surface area contributed by atoms with Gasteiger partial charge in [0, 0.05) is 11.8 Å². The van der Waals surface area contributed by atoms with Crippen molar-refractivity contribution in [1.29, 1.82) is 0 Å². The predicted octanol–water partition coefficient (Wildman–Crippen LogP) is 9.01. The fourth-order valence-electron chi connectivity index (χ4n) is 8.98. The Bertz CT molecular complexity index is 1790. The second-order valence-corrected chi connectivity index (χ2v) is 12.3. The van der Waals surface area contributed by atoms with Crippen molar-refractivity contribution in [3.63, 3.8) is 0 Å². The highest BCUT2D eigenvalue weighted by atomic mass is 16.1. The first-order valence-corrected chi connectivity index (χ1v) is 14.7. The Balaban J connectivity index is 1.45. The number of aryl methyl sites for hydroxylation is 2. The van der Waals surface area contributed by atoms with Crippen LogP contribution in [-0.2, 0) is 4.79 Å². The molecule has 1 nitrogen and oxygen atoms in total. The molecule has 0 fully saturated rings. The van der Waals surface area contributed by atoms with E-state index < -0.39 is 0 Å². The molecule has 0 saturated heterocycles. The zero-order valence-corrected chi connectivity index (χ0v) is 22.9. The Morgan fingerprint density at radius 1 is 0.575 bits per heavy atom. The molecule has 0 spiro atoms. The Labute approximate surface area is 235 Å². The van der Waals surface area contributed by atoms with Crippen molar-refractivity contribution in [3.05, 3.63) is 164 Å². The van der Waals surface area contributed by atoms with Crippen LogP contribution in [0.5, 0.6) is 0 Å². The SMILES string of the molecule is Cc1cc2c3c4c5c(cc(C)c14)C(c1ccccc1)C1=C(C=CC1)C5C(=O)C3C1=C(CC=C1)C2c1ccccc1. The zero-order chi connectivity index (χ0) is 26.7. The third-order valence-electron chi connectivity index (χ3n) is 10.3. The lowest BCUT2D eigenvalue weighted by Gasteiger charge is -2.44. The van der Waals surface area contributed by atoms with E-state index in [1.807, 2.05) is 0 Å². The summed E-state index contributed by atoms with van der Waals surface area (Å²) in [6, 6.07) is 26.7. The van der Waals surface area contributed by atoms with E-state index in [1.165, 1.54) is 77.6 Å². The standard InChI is InChI=1S/C39H30O/c1-21-19-29-32(23-11-5-3-6-12-23)25-15-9-17-27(25)36-34(29)38-31(21)22(2)20-30-33(24-13-7-4-8-14-24)26-16-10-18-28(26)37(35(30)38)39(36)40/h3-14,17-20,32-33,36-37H,15-16H2,1-2H3. The fraction of sp³-hybridized carbons (Fsp3) is 0.205. The van der Waals surface area contributed by atoms with Crippen molar-refractivity contribution in [2.45, 2.75) is 50.4 Å². The summed E-state index contributed by atoms with van der Waals surface area (Å²) in [6.07, 6.45) is 11.0. The lowest BCUT2D eigenvalue weighted by atomic mass is 9.58. The van der Waals surface area contributed by atoms with Crippen LogP contribution in [0.15, 0.2) is 119 Å². The Morgan fingerprint density at radius 2 is 1.02 bits per heavy atom. The van der Waals surface area contributed by atoms with Gasteiger partial charge in [0.15, 0.2) is 5.78 Å². The van der Waals surface area contributed by atoms with Gasteiger partial charge in [-0.25, -0.2) is 0 Å². The molecule has 4 unspecified atom stereocenters. The molecule has 9 rings (SSSR count). The lowest BCUT2D eigenvalue weighted by Crippen LogP contribution is -2.35. The number of Topliss-reactive ketones (excluding diaryl/α,β-unsaturated/α-hetero) is 1. The van der Waals surface area contributed by atoms with Gasteiger partial charge in [0.05, 0.1) is 11.8 Å². The molecular weight excluding hydrogens is 484 g/mol. The molecule has 4 aromatic carbocycles. The molecule has 40 heavy (non-hydrogen) atoms. The van der Waals surface area contributed by atoms with Crippen molar-refractivity contribution < 1.29 is 4.79 Å². The summed E-state index contributed by atoms with van der Waals surface area (Å²) in [6.45, 7) is 4.57. The van der Waals surface area contributed by atoms with Gasteiger partial charge in [0.2, 0.25) is 0 Å². The van der Waals surface area contributed by atoms with E-state index in [4.69, 9.17) is 0 Å².